The number of benzene rings is 1. The minimum Gasteiger partial charge on any atom is -0.250 e. The van der Waals surface area contributed by atoms with Gasteiger partial charge >= 0.3 is 0 Å². The summed E-state index contributed by atoms with van der Waals surface area (Å²) in [7, 11) is 0. The highest BCUT2D eigenvalue weighted by Crippen LogP contribution is 2.06. The van der Waals surface area contributed by atoms with E-state index in [-0.39, 0.29) is 5.82 Å². The first-order chi connectivity index (χ1) is 6.25. The Morgan fingerprint density at radius 2 is 2.23 bits per heavy atom. The van der Waals surface area contributed by atoms with Crippen molar-refractivity contribution in [3.63, 3.8) is 0 Å². The van der Waals surface area contributed by atoms with Crippen molar-refractivity contribution in [2.45, 2.75) is 0 Å². The lowest BCUT2D eigenvalue weighted by Crippen LogP contribution is -2.24. The van der Waals surface area contributed by atoms with E-state index < -0.39 is 0 Å². The second kappa shape index (κ2) is 3.10. The number of nitrogens with zero attached hydrogens (tertiary/aromatic N) is 2. The van der Waals surface area contributed by atoms with Crippen molar-refractivity contribution < 1.29 is 4.39 Å². The molecule has 1 heterocycles. The van der Waals surface area contributed by atoms with Gasteiger partial charge in [0.2, 0.25) is 5.11 Å². The van der Waals surface area contributed by atoms with Gasteiger partial charge in [0.15, 0.2) is 5.84 Å². The number of thiocarbonyl (C=S) groups is 1. The van der Waals surface area contributed by atoms with Gasteiger partial charge in [-0.25, -0.2) is 9.82 Å². The molecule has 0 bridgehead atoms. The number of hydrogen-bond acceptors (Lipinski definition) is 1. The van der Waals surface area contributed by atoms with Crippen LogP contribution in [0.1, 0.15) is 5.56 Å². The van der Waals surface area contributed by atoms with Crippen molar-refractivity contribution in [2.75, 3.05) is 0 Å². The SMILES string of the molecule is Fc1cccc(C2=NC(=S)N[N]2)c1. The zero-order valence-electron chi connectivity index (χ0n) is 6.49. The molecule has 0 saturated heterocycles. The number of halogens is 1. The Morgan fingerprint density at radius 1 is 1.38 bits per heavy atom. The van der Waals surface area contributed by atoms with Gasteiger partial charge in [-0.2, -0.15) is 10.4 Å². The molecule has 0 saturated carbocycles. The normalized spacial score (nSPS) is 14.8. The molecular formula is C8H5FN3S. The molecule has 65 valence electrons. The van der Waals surface area contributed by atoms with E-state index in [0.29, 0.717) is 16.5 Å². The smallest absolute Gasteiger partial charge is 0.215 e. The van der Waals surface area contributed by atoms with Crippen molar-refractivity contribution in [3.05, 3.63) is 35.6 Å². The standard InChI is InChI=1S/C8H5FN3S/c9-6-3-1-2-5(4-6)7-10-8(13)12-11-7/h1-4H,(H,12,13). The lowest BCUT2D eigenvalue weighted by atomic mass is 10.2. The molecule has 0 unspecified atom stereocenters. The largest absolute Gasteiger partial charge is 0.250 e. The van der Waals surface area contributed by atoms with Crippen LogP contribution in [0.15, 0.2) is 29.3 Å². The molecular weight excluding hydrogens is 189 g/mol. The minimum absolute atomic E-state index is 0.305. The van der Waals surface area contributed by atoms with E-state index in [2.05, 4.69) is 15.8 Å². The summed E-state index contributed by atoms with van der Waals surface area (Å²) in [6.07, 6.45) is 0. The number of rotatable bonds is 1. The average Bonchev–Trinajstić information content (AvgIpc) is 2.52. The molecule has 2 rings (SSSR count). The molecule has 0 aliphatic carbocycles. The summed E-state index contributed by atoms with van der Waals surface area (Å²) in [5.41, 5.74) is 6.96. The van der Waals surface area contributed by atoms with Gasteiger partial charge < -0.3 is 0 Å². The molecule has 0 amide bonds. The van der Waals surface area contributed by atoms with E-state index in [1.54, 1.807) is 12.1 Å². The first-order valence-electron chi connectivity index (χ1n) is 3.61. The number of amidine groups is 1. The molecule has 0 atom stereocenters. The first kappa shape index (κ1) is 8.12. The third-order valence-corrected chi connectivity index (χ3v) is 1.73. The second-order valence-electron chi connectivity index (χ2n) is 2.47. The van der Waals surface area contributed by atoms with Crippen LogP contribution in [0.3, 0.4) is 0 Å². The maximum atomic E-state index is 12.8. The van der Waals surface area contributed by atoms with Gasteiger partial charge in [-0.3, -0.25) is 0 Å². The van der Waals surface area contributed by atoms with Crippen LogP contribution in [0.2, 0.25) is 0 Å². The molecule has 13 heavy (non-hydrogen) atoms. The highest BCUT2D eigenvalue weighted by Gasteiger charge is 2.13. The first-order valence-corrected chi connectivity index (χ1v) is 4.02. The van der Waals surface area contributed by atoms with Gasteiger partial charge in [0.25, 0.3) is 0 Å². The van der Waals surface area contributed by atoms with E-state index >= 15 is 0 Å². The average molecular weight is 194 g/mol. The van der Waals surface area contributed by atoms with Crippen LogP contribution < -0.4 is 10.9 Å². The van der Waals surface area contributed by atoms with Gasteiger partial charge in [0.05, 0.1) is 0 Å². The molecule has 1 aromatic carbocycles. The third kappa shape index (κ3) is 1.65. The van der Waals surface area contributed by atoms with Crippen molar-refractivity contribution >= 4 is 23.2 Å². The zero-order chi connectivity index (χ0) is 9.26. The predicted molar refractivity (Wildman–Crippen MR) is 50.8 cm³/mol. The predicted octanol–water partition coefficient (Wildman–Crippen LogP) is 0.980. The summed E-state index contributed by atoms with van der Waals surface area (Å²) in [5.74, 6) is 0.109. The molecule has 1 radical (unpaired) electrons. The van der Waals surface area contributed by atoms with Crippen LogP contribution in [0, 0.1) is 5.82 Å². The Bertz CT molecular complexity index is 389. The molecule has 1 aliphatic heterocycles. The molecule has 1 N–H and O–H groups in total. The van der Waals surface area contributed by atoms with Gasteiger partial charge in [-0.15, -0.1) is 0 Å². The lowest BCUT2D eigenvalue weighted by Gasteiger charge is -1.97. The molecule has 1 aliphatic rings. The Balaban J connectivity index is 2.36. The lowest BCUT2D eigenvalue weighted by molar-refractivity contribution is 0.627. The van der Waals surface area contributed by atoms with Gasteiger partial charge in [0.1, 0.15) is 5.82 Å². The number of hydrogen-bond donors (Lipinski definition) is 1. The van der Waals surface area contributed by atoms with E-state index in [1.807, 2.05) is 0 Å². The van der Waals surface area contributed by atoms with Crippen LogP contribution in [-0.4, -0.2) is 10.9 Å². The summed E-state index contributed by atoms with van der Waals surface area (Å²) < 4.78 is 12.8. The fourth-order valence-electron chi connectivity index (χ4n) is 1.00. The Morgan fingerprint density at radius 3 is 2.85 bits per heavy atom. The van der Waals surface area contributed by atoms with Crippen LogP contribution in [0.25, 0.3) is 0 Å². The summed E-state index contributed by atoms with van der Waals surface area (Å²) in [6.45, 7) is 0. The molecule has 5 heteroatoms. The van der Waals surface area contributed by atoms with Crippen LogP contribution >= 0.6 is 12.2 Å². The fraction of sp³-hybridized carbons (Fsp3) is 0. The van der Waals surface area contributed by atoms with Crippen LogP contribution in [0.5, 0.6) is 0 Å². The highest BCUT2D eigenvalue weighted by molar-refractivity contribution is 7.80. The van der Waals surface area contributed by atoms with Gasteiger partial charge in [-0.1, -0.05) is 12.1 Å². The molecule has 0 fully saturated rings. The molecule has 1 aromatic rings. The van der Waals surface area contributed by atoms with E-state index in [9.17, 15) is 4.39 Å². The number of nitrogens with one attached hydrogen (secondary N) is 1. The maximum Gasteiger partial charge on any atom is 0.215 e. The van der Waals surface area contributed by atoms with Crippen LogP contribution in [-0.2, 0) is 0 Å². The van der Waals surface area contributed by atoms with Crippen molar-refractivity contribution in [2.24, 2.45) is 4.99 Å². The van der Waals surface area contributed by atoms with Crippen molar-refractivity contribution in [3.8, 4) is 0 Å². The summed E-state index contributed by atoms with van der Waals surface area (Å²) in [6, 6.07) is 6.05. The fourth-order valence-corrected chi connectivity index (χ4v) is 1.14. The van der Waals surface area contributed by atoms with Gasteiger partial charge in [0, 0.05) is 5.56 Å². The molecule has 0 spiro atoms. The Labute approximate surface area is 79.6 Å². The van der Waals surface area contributed by atoms with Crippen molar-refractivity contribution in [1.29, 1.82) is 0 Å². The Hall–Kier alpha value is -1.49. The maximum absolute atomic E-state index is 12.8. The zero-order valence-corrected chi connectivity index (χ0v) is 7.31. The van der Waals surface area contributed by atoms with Gasteiger partial charge in [-0.05, 0) is 24.4 Å². The third-order valence-electron chi connectivity index (χ3n) is 1.55. The monoisotopic (exact) mass is 194 g/mol. The van der Waals surface area contributed by atoms with E-state index in [0.717, 1.165) is 0 Å². The molecule has 0 aromatic heterocycles. The highest BCUT2D eigenvalue weighted by atomic mass is 32.1. The summed E-state index contributed by atoms with van der Waals surface area (Å²) in [4.78, 5) is 3.90. The summed E-state index contributed by atoms with van der Waals surface area (Å²) >= 11 is 4.74. The topological polar surface area (TPSA) is 38.5 Å². The quantitative estimate of drug-likeness (QED) is 0.677. The second-order valence-corrected chi connectivity index (χ2v) is 2.86. The summed E-state index contributed by atoms with van der Waals surface area (Å²) in [5, 5.41) is 0.305. The minimum atomic E-state index is -0.312. The molecule has 3 nitrogen and oxygen atoms in total. The van der Waals surface area contributed by atoms with Crippen molar-refractivity contribution in [1.82, 2.24) is 10.9 Å². The Kier molecular flexibility index (Phi) is 1.94. The van der Waals surface area contributed by atoms with Crippen LogP contribution in [0.4, 0.5) is 4.39 Å². The van der Waals surface area contributed by atoms with E-state index in [4.69, 9.17) is 12.2 Å². The van der Waals surface area contributed by atoms with E-state index in [1.165, 1.54) is 12.1 Å². The number of aliphatic imine (C=N–C) groups is 1.